The molecule has 0 aliphatic heterocycles. The predicted octanol–water partition coefficient (Wildman–Crippen LogP) is 7.18. The van der Waals surface area contributed by atoms with E-state index in [2.05, 4.69) is 20.5 Å². The average molecular weight is 543 g/mol. The highest BCUT2D eigenvalue weighted by Gasteiger charge is 2.19. The minimum Gasteiger partial charge on any atom is -0.507 e. The molecule has 39 heavy (non-hydrogen) atoms. The van der Waals surface area contributed by atoms with Gasteiger partial charge in [0, 0.05) is 21.5 Å². The molecule has 0 unspecified atom stereocenters. The lowest BCUT2D eigenvalue weighted by atomic mass is 10.1. The van der Waals surface area contributed by atoms with E-state index in [1.807, 2.05) is 0 Å². The number of phenolic OH excluding ortho intramolecular Hbond substituents is 1. The third kappa shape index (κ3) is 5.01. The maximum absolute atomic E-state index is 12.0. The number of hydrogen-bond donors (Lipinski definition) is 4. The average Bonchev–Trinajstić information content (AvgIpc) is 2.92. The van der Waals surface area contributed by atoms with Gasteiger partial charge in [-0.3, -0.25) is 4.55 Å². The van der Waals surface area contributed by atoms with Gasteiger partial charge in [-0.1, -0.05) is 48.5 Å². The molecule has 0 heterocycles. The van der Waals surface area contributed by atoms with Crippen molar-refractivity contribution in [2.45, 2.75) is 4.90 Å². The van der Waals surface area contributed by atoms with Crippen molar-refractivity contribution in [1.82, 2.24) is 0 Å². The molecule has 0 bridgehead atoms. The third-order valence-electron chi connectivity index (χ3n) is 5.86. The van der Waals surface area contributed by atoms with Crippen LogP contribution in [0.4, 0.5) is 22.7 Å². The number of benzene rings is 5. The predicted molar refractivity (Wildman–Crippen MR) is 143 cm³/mol. The summed E-state index contributed by atoms with van der Waals surface area (Å²) in [6.45, 7) is 0. The Morgan fingerprint density at radius 3 is 1.77 bits per heavy atom. The van der Waals surface area contributed by atoms with Crippen LogP contribution in [0.3, 0.4) is 0 Å². The molecule has 0 aliphatic rings. The molecule has 12 heteroatoms. The van der Waals surface area contributed by atoms with Crippen molar-refractivity contribution in [2.24, 2.45) is 20.5 Å². The van der Waals surface area contributed by atoms with Gasteiger partial charge in [-0.25, -0.2) is 4.79 Å². The van der Waals surface area contributed by atoms with Crippen molar-refractivity contribution >= 4 is 60.4 Å². The number of carboxylic acids is 1. The first-order valence-electron chi connectivity index (χ1n) is 11.3. The van der Waals surface area contributed by atoms with Crippen molar-refractivity contribution in [3.05, 3.63) is 90.5 Å². The van der Waals surface area contributed by atoms with Gasteiger partial charge < -0.3 is 15.3 Å². The van der Waals surface area contributed by atoms with Crippen molar-refractivity contribution in [2.75, 3.05) is 0 Å². The van der Waals surface area contributed by atoms with Crippen LogP contribution in [0.25, 0.3) is 21.5 Å². The van der Waals surface area contributed by atoms with Crippen LogP contribution in [0.15, 0.2) is 110 Å². The van der Waals surface area contributed by atoms with Crippen molar-refractivity contribution in [1.29, 1.82) is 0 Å². The molecule has 194 valence electrons. The summed E-state index contributed by atoms with van der Waals surface area (Å²) >= 11 is 0. The van der Waals surface area contributed by atoms with E-state index in [0.717, 1.165) is 6.07 Å². The number of phenols is 2. The molecule has 0 saturated carbocycles. The summed E-state index contributed by atoms with van der Waals surface area (Å²) < 4.78 is 33.6. The van der Waals surface area contributed by atoms with Crippen molar-refractivity contribution < 1.29 is 33.1 Å². The van der Waals surface area contributed by atoms with Gasteiger partial charge in [-0.15, -0.1) is 15.3 Å². The smallest absolute Gasteiger partial charge is 0.339 e. The third-order valence-corrected chi connectivity index (χ3v) is 6.76. The van der Waals surface area contributed by atoms with E-state index in [1.165, 1.54) is 30.3 Å². The number of azo groups is 2. The highest BCUT2D eigenvalue weighted by molar-refractivity contribution is 7.86. The number of rotatable bonds is 6. The number of carbonyl (C=O) groups is 1. The Labute approximate surface area is 220 Å². The van der Waals surface area contributed by atoms with E-state index in [4.69, 9.17) is 0 Å². The molecular formula is C27H18N4O7S. The highest BCUT2D eigenvalue weighted by Crippen LogP contribution is 2.41. The van der Waals surface area contributed by atoms with Crippen LogP contribution in [-0.4, -0.2) is 34.3 Å². The Hall–Kier alpha value is -5.20. The summed E-state index contributed by atoms with van der Waals surface area (Å²) in [6.07, 6.45) is 0. The van der Waals surface area contributed by atoms with Gasteiger partial charge in [0.15, 0.2) is 5.75 Å². The Morgan fingerprint density at radius 1 is 0.641 bits per heavy atom. The first kappa shape index (κ1) is 25.4. The number of aromatic hydroxyl groups is 2. The molecular weight excluding hydrogens is 524 g/mol. The van der Waals surface area contributed by atoms with Crippen LogP contribution >= 0.6 is 0 Å². The first-order valence-corrected chi connectivity index (χ1v) is 12.7. The molecule has 0 fully saturated rings. The molecule has 4 N–H and O–H groups in total. The lowest BCUT2D eigenvalue weighted by Crippen LogP contribution is -1.99. The summed E-state index contributed by atoms with van der Waals surface area (Å²) in [5, 5.41) is 47.8. The molecule has 5 rings (SSSR count). The minimum absolute atomic E-state index is 0.140. The lowest BCUT2D eigenvalue weighted by Gasteiger charge is -2.08. The molecule has 0 aliphatic carbocycles. The largest absolute Gasteiger partial charge is 0.507 e. The van der Waals surface area contributed by atoms with Crippen molar-refractivity contribution in [3.63, 3.8) is 0 Å². The number of carboxylic acid groups (broad SMARTS) is 1. The van der Waals surface area contributed by atoms with E-state index in [1.54, 1.807) is 48.5 Å². The zero-order valence-electron chi connectivity index (χ0n) is 19.8. The second-order valence-electron chi connectivity index (χ2n) is 8.32. The quantitative estimate of drug-likeness (QED) is 0.129. The summed E-state index contributed by atoms with van der Waals surface area (Å²) in [5.74, 6) is -1.99. The SMILES string of the molecule is O=C(O)c1cc(N=Nc2ccc(N=Nc3cc(S(=O)(=O)O)c4ccccc4c3O)c3ccccc23)ccc1O. The Kier molecular flexibility index (Phi) is 6.48. The molecule has 0 atom stereocenters. The Bertz CT molecular complexity index is 1950. The second-order valence-corrected chi connectivity index (χ2v) is 9.71. The van der Waals surface area contributed by atoms with Gasteiger partial charge in [0.25, 0.3) is 10.1 Å². The number of fused-ring (bicyclic) bond motifs is 2. The standard InChI is InChI=1S/C27H18N4O7S/c32-24-12-9-15(13-20(24)27(34)35)28-29-21-10-11-22(17-6-2-1-5-16(17)21)30-31-23-14-25(39(36,37)38)18-7-3-4-8-19(18)26(23)33/h1-14,32-33H,(H,34,35)(H,36,37,38). The van der Waals surface area contributed by atoms with Crippen LogP contribution in [0.5, 0.6) is 11.5 Å². The van der Waals surface area contributed by atoms with Crippen LogP contribution in [0.1, 0.15) is 10.4 Å². The Morgan fingerprint density at radius 2 is 1.18 bits per heavy atom. The van der Waals surface area contributed by atoms with Gasteiger partial charge >= 0.3 is 5.97 Å². The molecule has 0 spiro atoms. The van der Waals surface area contributed by atoms with Gasteiger partial charge in [-0.2, -0.15) is 13.5 Å². The molecule has 0 aromatic heterocycles. The first-order chi connectivity index (χ1) is 18.6. The fourth-order valence-corrected chi connectivity index (χ4v) is 4.74. The van der Waals surface area contributed by atoms with E-state index in [9.17, 15) is 33.1 Å². The van der Waals surface area contributed by atoms with Crippen LogP contribution in [-0.2, 0) is 10.1 Å². The van der Waals surface area contributed by atoms with E-state index in [-0.39, 0.29) is 39.2 Å². The van der Waals surface area contributed by atoms with Gasteiger partial charge in [0.2, 0.25) is 0 Å². The monoisotopic (exact) mass is 542 g/mol. The van der Waals surface area contributed by atoms with E-state index >= 15 is 0 Å². The fourth-order valence-electron chi connectivity index (χ4n) is 4.02. The summed E-state index contributed by atoms with van der Waals surface area (Å²) in [4.78, 5) is 10.9. The zero-order chi connectivity index (χ0) is 27.7. The maximum atomic E-state index is 12.0. The van der Waals surface area contributed by atoms with Crippen molar-refractivity contribution in [3.8, 4) is 11.5 Å². The molecule has 0 radical (unpaired) electrons. The van der Waals surface area contributed by atoms with E-state index < -0.39 is 21.0 Å². The topological polar surface area (TPSA) is 182 Å². The zero-order valence-corrected chi connectivity index (χ0v) is 20.6. The molecule has 5 aromatic carbocycles. The van der Waals surface area contributed by atoms with Crippen LogP contribution in [0, 0.1) is 0 Å². The van der Waals surface area contributed by atoms with Gasteiger partial charge in [-0.05, 0) is 36.4 Å². The molecule has 11 nitrogen and oxygen atoms in total. The fraction of sp³-hybridized carbons (Fsp3) is 0. The summed E-state index contributed by atoms with van der Waals surface area (Å²) in [7, 11) is -4.61. The number of nitrogens with zero attached hydrogens (tertiary/aromatic N) is 4. The lowest BCUT2D eigenvalue weighted by molar-refractivity contribution is 0.0693. The molecule has 0 amide bonds. The molecule has 0 saturated heterocycles. The second kappa shape index (κ2) is 9.93. The normalized spacial score (nSPS) is 12.1. The van der Waals surface area contributed by atoms with E-state index in [0.29, 0.717) is 22.1 Å². The van der Waals surface area contributed by atoms with Crippen LogP contribution in [0.2, 0.25) is 0 Å². The summed E-state index contributed by atoms with van der Waals surface area (Å²) in [5.41, 5.74) is 0.580. The van der Waals surface area contributed by atoms with Crippen LogP contribution < -0.4 is 0 Å². The Balaban J connectivity index is 1.56. The maximum Gasteiger partial charge on any atom is 0.339 e. The number of aromatic carboxylic acids is 1. The number of hydrogen-bond acceptors (Lipinski definition) is 9. The van der Waals surface area contributed by atoms with Gasteiger partial charge in [0.05, 0.1) is 17.1 Å². The highest BCUT2D eigenvalue weighted by atomic mass is 32.2. The van der Waals surface area contributed by atoms with Gasteiger partial charge in [0.1, 0.15) is 21.9 Å². The molecule has 5 aromatic rings. The summed E-state index contributed by atoms with van der Waals surface area (Å²) in [6, 6.07) is 21.3. The minimum atomic E-state index is -4.61.